The number of benzene rings is 2. The Morgan fingerprint density at radius 1 is 1.09 bits per heavy atom. The molecular formula is C26H33ClN2O3. The van der Waals surface area contributed by atoms with Crippen LogP contribution < -0.4 is 5.73 Å². The summed E-state index contributed by atoms with van der Waals surface area (Å²) in [5.41, 5.74) is 8.61. The van der Waals surface area contributed by atoms with Gasteiger partial charge in [0.25, 0.3) is 0 Å². The average Bonchev–Trinajstić information content (AvgIpc) is 3.08. The summed E-state index contributed by atoms with van der Waals surface area (Å²) < 4.78 is 6.32. The second kappa shape index (κ2) is 8.79. The number of hydrogen-bond acceptors (Lipinski definition) is 4. The zero-order valence-electron chi connectivity index (χ0n) is 18.6. The van der Waals surface area contributed by atoms with Crippen molar-refractivity contribution in [3.05, 3.63) is 70.8 Å². The molecule has 3 N–H and O–H groups in total. The summed E-state index contributed by atoms with van der Waals surface area (Å²) in [5, 5.41) is 11.4. The Labute approximate surface area is 196 Å². The summed E-state index contributed by atoms with van der Waals surface area (Å²) in [6.07, 6.45) is 4.82. The molecule has 2 unspecified atom stereocenters. The molecule has 172 valence electrons. The van der Waals surface area contributed by atoms with Gasteiger partial charge in [0.1, 0.15) is 5.60 Å². The predicted molar refractivity (Wildman–Crippen MR) is 127 cm³/mol. The normalized spacial score (nSPS) is 28.6. The number of piperidine rings is 1. The van der Waals surface area contributed by atoms with Gasteiger partial charge < -0.3 is 15.6 Å². The van der Waals surface area contributed by atoms with Crippen LogP contribution in [0.2, 0.25) is 0 Å². The highest BCUT2D eigenvalue weighted by molar-refractivity contribution is 5.93. The van der Waals surface area contributed by atoms with E-state index in [1.54, 1.807) is 13.2 Å². The predicted octanol–water partition coefficient (Wildman–Crippen LogP) is 3.31. The standard InChI is InChI=1S/C26H32N2O3.ClH/c1-31-26(21-9-4-8-18(12-21)24(27)29)22-10-5-11-23(26)16-28(15-22)17-25(30)13-19-6-2-3-7-20(19)14-25;/h2-4,6-9,12,22-23,30H,5,10-11,13-17H2,1H3,(H2,27,29);1H. The molecule has 0 aromatic heterocycles. The number of fused-ring (bicyclic) bond motifs is 3. The number of nitrogens with zero attached hydrogens (tertiary/aromatic N) is 1. The van der Waals surface area contributed by atoms with Gasteiger partial charge in [0, 0.05) is 57.0 Å². The lowest BCUT2D eigenvalue weighted by Gasteiger charge is -2.56. The monoisotopic (exact) mass is 456 g/mol. The second-order valence-electron chi connectivity index (χ2n) is 9.81. The lowest BCUT2D eigenvalue weighted by Crippen LogP contribution is -2.61. The van der Waals surface area contributed by atoms with Crippen LogP contribution in [-0.4, -0.2) is 48.3 Å². The van der Waals surface area contributed by atoms with E-state index in [1.165, 1.54) is 17.5 Å². The van der Waals surface area contributed by atoms with Crippen LogP contribution in [0.3, 0.4) is 0 Å². The third kappa shape index (κ3) is 3.86. The van der Waals surface area contributed by atoms with Gasteiger partial charge in [-0.2, -0.15) is 0 Å². The minimum atomic E-state index is -0.697. The smallest absolute Gasteiger partial charge is 0.248 e. The Morgan fingerprint density at radius 2 is 1.72 bits per heavy atom. The van der Waals surface area contributed by atoms with Crippen LogP contribution >= 0.6 is 12.4 Å². The molecule has 6 heteroatoms. The molecule has 2 atom stereocenters. The average molecular weight is 457 g/mol. The fourth-order valence-corrected chi connectivity index (χ4v) is 6.69. The molecule has 1 aliphatic heterocycles. The van der Waals surface area contributed by atoms with E-state index in [9.17, 15) is 9.90 Å². The SMILES string of the molecule is COC1(c2cccc(C(N)=O)c2)C2CCCC1CN(CC1(O)Cc3ccccc3C1)C2.Cl. The van der Waals surface area contributed by atoms with Crippen LogP contribution in [0.15, 0.2) is 48.5 Å². The van der Waals surface area contributed by atoms with Crippen LogP contribution in [0.4, 0.5) is 0 Å². The molecule has 2 aromatic rings. The summed E-state index contributed by atoms with van der Waals surface area (Å²) in [6, 6.07) is 16.1. The molecule has 5 nitrogen and oxygen atoms in total. The molecule has 1 heterocycles. The molecular weight excluding hydrogens is 424 g/mol. The number of hydrogen-bond donors (Lipinski definition) is 2. The number of primary amides is 1. The van der Waals surface area contributed by atoms with E-state index < -0.39 is 17.1 Å². The van der Waals surface area contributed by atoms with Gasteiger partial charge in [0.05, 0.1) is 5.60 Å². The first kappa shape index (κ1) is 23.2. The third-order valence-corrected chi connectivity index (χ3v) is 7.89. The fourth-order valence-electron chi connectivity index (χ4n) is 6.69. The van der Waals surface area contributed by atoms with Gasteiger partial charge in [-0.1, -0.05) is 42.8 Å². The zero-order valence-corrected chi connectivity index (χ0v) is 19.4. The van der Waals surface area contributed by atoms with Crippen LogP contribution in [0.1, 0.15) is 46.3 Å². The largest absolute Gasteiger partial charge is 0.388 e. The van der Waals surface area contributed by atoms with Gasteiger partial charge >= 0.3 is 0 Å². The van der Waals surface area contributed by atoms with E-state index in [4.69, 9.17) is 10.5 Å². The topological polar surface area (TPSA) is 75.8 Å². The van der Waals surface area contributed by atoms with Gasteiger partial charge in [0.2, 0.25) is 5.91 Å². The zero-order chi connectivity index (χ0) is 21.6. The molecule has 1 saturated heterocycles. The number of aliphatic hydroxyl groups is 1. The fraction of sp³-hybridized carbons (Fsp3) is 0.500. The molecule has 0 spiro atoms. The summed E-state index contributed by atoms with van der Waals surface area (Å²) in [7, 11) is 1.80. The van der Waals surface area contributed by atoms with E-state index in [1.807, 2.05) is 12.1 Å². The highest BCUT2D eigenvalue weighted by Crippen LogP contribution is 2.52. The molecule has 2 bridgehead atoms. The molecule has 5 rings (SSSR count). The van der Waals surface area contributed by atoms with Crippen molar-refractivity contribution in [2.75, 3.05) is 26.7 Å². The number of rotatable bonds is 5. The summed E-state index contributed by atoms with van der Waals surface area (Å²) in [4.78, 5) is 14.2. The van der Waals surface area contributed by atoms with Crippen LogP contribution in [0.5, 0.6) is 0 Å². The first-order chi connectivity index (χ1) is 14.9. The molecule has 2 aliphatic carbocycles. The van der Waals surface area contributed by atoms with E-state index in [0.717, 1.165) is 44.3 Å². The van der Waals surface area contributed by atoms with Crippen LogP contribution in [0.25, 0.3) is 0 Å². The first-order valence-electron chi connectivity index (χ1n) is 11.4. The molecule has 1 amide bonds. The van der Waals surface area contributed by atoms with Crippen molar-refractivity contribution in [1.29, 1.82) is 0 Å². The van der Waals surface area contributed by atoms with E-state index in [-0.39, 0.29) is 12.4 Å². The van der Waals surface area contributed by atoms with E-state index in [2.05, 4.69) is 35.2 Å². The van der Waals surface area contributed by atoms with E-state index >= 15 is 0 Å². The summed E-state index contributed by atoms with van der Waals surface area (Å²) >= 11 is 0. The van der Waals surface area contributed by atoms with Gasteiger partial charge in [0.15, 0.2) is 0 Å². The summed E-state index contributed by atoms with van der Waals surface area (Å²) in [6.45, 7) is 2.48. The van der Waals surface area contributed by atoms with Crippen molar-refractivity contribution in [3.8, 4) is 0 Å². The quantitative estimate of drug-likeness (QED) is 0.723. The summed E-state index contributed by atoms with van der Waals surface area (Å²) in [5.74, 6) is 0.236. The van der Waals surface area contributed by atoms with Gasteiger partial charge in [-0.15, -0.1) is 12.4 Å². The number of halogens is 1. The maximum Gasteiger partial charge on any atom is 0.248 e. The molecule has 2 aromatic carbocycles. The lowest BCUT2D eigenvalue weighted by atomic mass is 9.62. The second-order valence-corrected chi connectivity index (χ2v) is 9.81. The number of ether oxygens (including phenoxy) is 1. The first-order valence-corrected chi connectivity index (χ1v) is 11.4. The Kier molecular flexibility index (Phi) is 6.38. The van der Waals surface area contributed by atoms with Crippen molar-refractivity contribution >= 4 is 18.3 Å². The Hall–Kier alpha value is -1.92. The lowest BCUT2D eigenvalue weighted by molar-refractivity contribution is -0.175. The van der Waals surface area contributed by atoms with Crippen molar-refractivity contribution in [2.45, 2.75) is 43.3 Å². The van der Waals surface area contributed by atoms with Gasteiger partial charge in [-0.3, -0.25) is 9.69 Å². The molecule has 1 saturated carbocycles. The number of carbonyl (C=O) groups is 1. The minimum absolute atomic E-state index is 0. The van der Waals surface area contributed by atoms with Crippen LogP contribution in [0, 0.1) is 11.8 Å². The number of nitrogens with two attached hydrogens (primary N) is 1. The van der Waals surface area contributed by atoms with Gasteiger partial charge in [-0.05, 0) is 41.7 Å². The Morgan fingerprint density at radius 3 is 2.28 bits per heavy atom. The number of methoxy groups -OCH3 is 1. The van der Waals surface area contributed by atoms with Crippen molar-refractivity contribution in [3.63, 3.8) is 0 Å². The Bertz CT molecular complexity index is 956. The third-order valence-electron chi connectivity index (χ3n) is 7.89. The maximum atomic E-state index is 11.8. The number of β-amino-alcohol motifs (C(OH)–C–C–N with tert-alkyl or cyclic N) is 1. The number of amides is 1. The van der Waals surface area contributed by atoms with Gasteiger partial charge in [-0.25, -0.2) is 0 Å². The van der Waals surface area contributed by atoms with Crippen molar-refractivity contribution < 1.29 is 14.6 Å². The maximum absolute atomic E-state index is 11.8. The van der Waals surface area contributed by atoms with Crippen molar-refractivity contribution in [2.24, 2.45) is 17.6 Å². The minimum Gasteiger partial charge on any atom is -0.388 e. The van der Waals surface area contributed by atoms with E-state index in [0.29, 0.717) is 23.9 Å². The Balaban J connectivity index is 0.00000245. The number of likely N-dealkylation sites (tertiary alicyclic amines) is 1. The molecule has 3 aliphatic rings. The number of carbonyl (C=O) groups excluding carboxylic acids is 1. The molecule has 32 heavy (non-hydrogen) atoms. The highest BCUT2D eigenvalue weighted by Gasteiger charge is 2.54. The molecule has 0 radical (unpaired) electrons. The van der Waals surface area contributed by atoms with Crippen LogP contribution in [-0.2, 0) is 23.2 Å². The highest BCUT2D eigenvalue weighted by atomic mass is 35.5. The van der Waals surface area contributed by atoms with Crippen molar-refractivity contribution in [1.82, 2.24) is 4.90 Å². The molecule has 2 fully saturated rings.